The molecule has 0 aliphatic rings. The minimum absolute atomic E-state index is 0.196. The molecule has 3 heteroatoms. The summed E-state index contributed by atoms with van der Waals surface area (Å²) in [4.78, 5) is 8.22. The van der Waals surface area contributed by atoms with Crippen molar-refractivity contribution in [1.82, 2.24) is 9.97 Å². The molecule has 0 spiro atoms. The maximum absolute atomic E-state index is 5.87. The lowest BCUT2D eigenvalue weighted by Gasteiger charge is -2.10. The molecule has 0 aromatic carbocycles. The molecule has 0 aliphatic carbocycles. The lowest BCUT2D eigenvalue weighted by molar-refractivity contribution is 0.649. The van der Waals surface area contributed by atoms with Gasteiger partial charge in [0.25, 0.3) is 0 Å². The summed E-state index contributed by atoms with van der Waals surface area (Å²) < 4.78 is 0. The summed E-state index contributed by atoms with van der Waals surface area (Å²) in [5.41, 5.74) is 1.02. The highest BCUT2D eigenvalue weighted by Gasteiger charge is 2.09. The molecule has 66 valence electrons. The van der Waals surface area contributed by atoms with Gasteiger partial charge >= 0.3 is 0 Å². The molecule has 1 aromatic heterocycles. The number of hydrogen-bond acceptors (Lipinski definition) is 2. The van der Waals surface area contributed by atoms with Crippen molar-refractivity contribution in [3.05, 3.63) is 24.3 Å². The van der Waals surface area contributed by atoms with Crippen molar-refractivity contribution in [2.24, 2.45) is 0 Å². The summed E-state index contributed by atoms with van der Waals surface area (Å²) >= 11 is 5.87. The third-order valence-electron chi connectivity index (χ3n) is 1.77. The molecule has 0 N–H and O–H groups in total. The predicted molar refractivity (Wildman–Crippen MR) is 50.4 cm³/mol. The second-order valence-electron chi connectivity index (χ2n) is 3.05. The Morgan fingerprint density at radius 3 is 2.67 bits per heavy atom. The standard InChI is InChI=1S/C9H13ClN2/c1-7(5-8(2)10)9-6-11-3-4-12-9/h3-4,6-8H,5H2,1-2H3. The number of hydrogen-bond donors (Lipinski definition) is 0. The van der Waals surface area contributed by atoms with Crippen molar-refractivity contribution in [3.63, 3.8) is 0 Å². The zero-order chi connectivity index (χ0) is 8.97. The average molecular weight is 185 g/mol. The Bertz CT molecular complexity index is 223. The van der Waals surface area contributed by atoms with E-state index in [9.17, 15) is 0 Å². The number of nitrogens with zero attached hydrogens (tertiary/aromatic N) is 2. The second-order valence-corrected chi connectivity index (χ2v) is 3.79. The fourth-order valence-electron chi connectivity index (χ4n) is 1.17. The van der Waals surface area contributed by atoms with Gasteiger partial charge < -0.3 is 0 Å². The minimum atomic E-state index is 0.196. The summed E-state index contributed by atoms with van der Waals surface area (Å²) in [6.45, 7) is 4.11. The lowest BCUT2D eigenvalue weighted by atomic mass is 10.0. The first kappa shape index (κ1) is 9.46. The molecule has 1 aromatic rings. The van der Waals surface area contributed by atoms with Crippen LogP contribution in [0.4, 0.5) is 0 Å². The molecule has 1 heterocycles. The van der Waals surface area contributed by atoms with Gasteiger partial charge in [-0.2, -0.15) is 0 Å². The zero-order valence-corrected chi connectivity index (χ0v) is 8.12. The maximum Gasteiger partial charge on any atom is 0.0615 e. The molecular formula is C9H13ClN2. The van der Waals surface area contributed by atoms with E-state index in [-0.39, 0.29) is 5.38 Å². The van der Waals surface area contributed by atoms with Crippen LogP contribution in [-0.2, 0) is 0 Å². The molecule has 0 aliphatic heterocycles. The van der Waals surface area contributed by atoms with Gasteiger partial charge in [-0.05, 0) is 13.3 Å². The summed E-state index contributed by atoms with van der Waals surface area (Å²) in [7, 11) is 0. The highest BCUT2D eigenvalue weighted by molar-refractivity contribution is 6.20. The Morgan fingerprint density at radius 2 is 2.17 bits per heavy atom. The monoisotopic (exact) mass is 184 g/mol. The van der Waals surface area contributed by atoms with Gasteiger partial charge in [-0.25, -0.2) is 0 Å². The Hall–Kier alpha value is -0.630. The predicted octanol–water partition coefficient (Wildman–Crippen LogP) is 2.60. The first-order chi connectivity index (χ1) is 5.70. The molecular weight excluding hydrogens is 172 g/mol. The van der Waals surface area contributed by atoms with Crippen LogP contribution >= 0.6 is 11.6 Å². The quantitative estimate of drug-likeness (QED) is 0.675. The molecule has 2 atom stereocenters. The molecule has 0 amide bonds. The largest absolute Gasteiger partial charge is 0.261 e. The van der Waals surface area contributed by atoms with Gasteiger partial charge in [-0.1, -0.05) is 6.92 Å². The summed E-state index contributed by atoms with van der Waals surface area (Å²) in [5, 5.41) is 0.196. The number of aromatic nitrogens is 2. The van der Waals surface area contributed by atoms with Crippen LogP contribution in [0.2, 0.25) is 0 Å². The first-order valence-electron chi connectivity index (χ1n) is 4.10. The topological polar surface area (TPSA) is 25.8 Å². The van der Waals surface area contributed by atoms with Crippen molar-refractivity contribution in [3.8, 4) is 0 Å². The van der Waals surface area contributed by atoms with Gasteiger partial charge in [0.15, 0.2) is 0 Å². The smallest absolute Gasteiger partial charge is 0.0615 e. The molecule has 0 bridgehead atoms. The Balaban J connectivity index is 2.59. The van der Waals surface area contributed by atoms with E-state index < -0.39 is 0 Å². The summed E-state index contributed by atoms with van der Waals surface area (Å²) in [6, 6.07) is 0. The van der Waals surface area contributed by atoms with Gasteiger partial charge in [0.05, 0.1) is 5.69 Å². The van der Waals surface area contributed by atoms with Crippen LogP contribution in [0.3, 0.4) is 0 Å². The van der Waals surface area contributed by atoms with Crippen molar-refractivity contribution < 1.29 is 0 Å². The Morgan fingerprint density at radius 1 is 1.42 bits per heavy atom. The van der Waals surface area contributed by atoms with E-state index in [0.717, 1.165) is 12.1 Å². The van der Waals surface area contributed by atoms with Crippen molar-refractivity contribution in [2.75, 3.05) is 0 Å². The first-order valence-corrected chi connectivity index (χ1v) is 4.53. The maximum atomic E-state index is 5.87. The normalized spacial score (nSPS) is 15.6. The summed E-state index contributed by atoms with van der Waals surface area (Å²) in [5.74, 6) is 0.395. The highest BCUT2D eigenvalue weighted by atomic mass is 35.5. The fraction of sp³-hybridized carbons (Fsp3) is 0.556. The van der Waals surface area contributed by atoms with E-state index in [0.29, 0.717) is 5.92 Å². The number of halogens is 1. The van der Waals surface area contributed by atoms with Crippen LogP contribution in [-0.4, -0.2) is 15.3 Å². The number of rotatable bonds is 3. The van der Waals surface area contributed by atoms with Gasteiger partial charge in [0.1, 0.15) is 0 Å². The Kier molecular flexibility index (Phi) is 3.48. The SMILES string of the molecule is CC(Cl)CC(C)c1cnccn1. The van der Waals surface area contributed by atoms with Crippen LogP contribution in [0.15, 0.2) is 18.6 Å². The molecule has 0 fully saturated rings. The van der Waals surface area contributed by atoms with Crippen molar-refractivity contribution >= 4 is 11.6 Å². The van der Waals surface area contributed by atoms with Crippen molar-refractivity contribution in [1.29, 1.82) is 0 Å². The fourth-order valence-corrected chi connectivity index (χ4v) is 1.44. The van der Waals surface area contributed by atoms with E-state index in [1.54, 1.807) is 18.6 Å². The molecule has 12 heavy (non-hydrogen) atoms. The molecule has 0 saturated heterocycles. The lowest BCUT2D eigenvalue weighted by Crippen LogP contribution is -2.02. The molecule has 0 radical (unpaired) electrons. The third-order valence-corrected chi connectivity index (χ3v) is 1.94. The van der Waals surface area contributed by atoms with E-state index in [2.05, 4.69) is 16.9 Å². The minimum Gasteiger partial charge on any atom is -0.261 e. The van der Waals surface area contributed by atoms with Crippen LogP contribution in [0.1, 0.15) is 31.9 Å². The third kappa shape index (κ3) is 2.78. The van der Waals surface area contributed by atoms with Gasteiger partial charge in [0, 0.05) is 29.9 Å². The summed E-state index contributed by atoms with van der Waals surface area (Å²) in [6.07, 6.45) is 6.13. The van der Waals surface area contributed by atoms with Crippen LogP contribution < -0.4 is 0 Å². The second kappa shape index (κ2) is 4.41. The van der Waals surface area contributed by atoms with Crippen LogP contribution in [0.5, 0.6) is 0 Å². The van der Waals surface area contributed by atoms with E-state index >= 15 is 0 Å². The van der Waals surface area contributed by atoms with Crippen LogP contribution in [0, 0.1) is 0 Å². The van der Waals surface area contributed by atoms with E-state index in [1.165, 1.54) is 0 Å². The van der Waals surface area contributed by atoms with Crippen LogP contribution in [0.25, 0.3) is 0 Å². The molecule has 2 nitrogen and oxygen atoms in total. The molecule has 0 saturated carbocycles. The number of alkyl halides is 1. The zero-order valence-electron chi connectivity index (χ0n) is 7.37. The van der Waals surface area contributed by atoms with Gasteiger partial charge in [0.2, 0.25) is 0 Å². The molecule has 2 unspecified atom stereocenters. The molecule has 1 rings (SSSR count). The highest BCUT2D eigenvalue weighted by Crippen LogP contribution is 2.19. The van der Waals surface area contributed by atoms with E-state index in [4.69, 9.17) is 11.6 Å². The van der Waals surface area contributed by atoms with Gasteiger partial charge in [-0.3, -0.25) is 9.97 Å². The van der Waals surface area contributed by atoms with Crippen molar-refractivity contribution in [2.45, 2.75) is 31.6 Å². The van der Waals surface area contributed by atoms with Gasteiger partial charge in [-0.15, -0.1) is 11.6 Å². The Labute approximate surface area is 78.0 Å². The average Bonchev–Trinajstić information content (AvgIpc) is 2.05. The van der Waals surface area contributed by atoms with E-state index in [1.807, 2.05) is 6.92 Å².